The summed E-state index contributed by atoms with van der Waals surface area (Å²) in [5.41, 5.74) is 1.01. The summed E-state index contributed by atoms with van der Waals surface area (Å²) < 4.78 is 1.04. The van der Waals surface area contributed by atoms with Gasteiger partial charge in [-0.2, -0.15) is 0 Å². The number of thioether (sulfide) groups is 1. The third-order valence-corrected chi connectivity index (χ3v) is 3.92. The van der Waals surface area contributed by atoms with Crippen molar-refractivity contribution in [3.8, 4) is 0 Å². The predicted octanol–water partition coefficient (Wildman–Crippen LogP) is 2.87. The molecule has 0 saturated heterocycles. The summed E-state index contributed by atoms with van der Waals surface area (Å²) in [5.74, 6) is 1.23. The predicted molar refractivity (Wildman–Crippen MR) is 63.6 cm³/mol. The van der Waals surface area contributed by atoms with Gasteiger partial charge in [0.25, 0.3) is 0 Å². The van der Waals surface area contributed by atoms with Crippen molar-refractivity contribution in [2.45, 2.75) is 18.9 Å². The summed E-state index contributed by atoms with van der Waals surface area (Å²) in [6, 6.07) is 4.00. The summed E-state index contributed by atoms with van der Waals surface area (Å²) in [4.78, 5) is 4.41. The van der Waals surface area contributed by atoms with E-state index in [1.807, 2.05) is 26.0 Å². The van der Waals surface area contributed by atoms with Gasteiger partial charge < -0.3 is 5.11 Å². The van der Waals surface area contributed by atoms with E-state index >= 15 is 0 Å². The number of nitrogens with zero attached hydrogens (tertiary/aromatic N) is 1. The largest absolute Gasteiger partial charge is 0.396 e. The van der Waals surface area contributed by atoms with Crippen LogP contribution in [0.5, 0.6) is 0 Å². The maximum atomic E-state index is 8.87. The molecule has 1 rings (SSSR count). The Labute approximate surface area is 97.3 Å². The van der Waals surface area contributed by atoms with Crippen LogP contribution in [0.4, 0.5) is 0 Å². The van der Waals surface area contributed by atoms with Crippen molar-refractivity contribution in [3.63, 3.8) is 0 Å². The zero-order valence-electron chi connectivity index (χ0n) is 8.33. The lowest BCUT2D eigenvalue weighted by Crippen LogP contribution is -2.03. The van der Waals surface area contributed by atoms with Crippen LogP contribution in [0.1, 0.15) is 12.6 Å². The number of rotatable bonds is 4. The molecule has 78 valence electrons. The van der Waals surface area contributed by atoms with E-state index in [0.717, 1.165) is 20.9 Å². The fraction of sp³-hybridized carbons (Fsp3) is 0.500. The van der Waals surface area contributed by atoms with Gasteiger partial charge in [-0.1, -0.05) is 6.92 Å². The van der Waals surface area contributed by atoms with E-state index in [-0.39, 0.29) is 6.61 Å². The average Bonchev–Trinajstić information content (AvgIpc) is 2.19. The molecule has 1 aromatic heterocycles. The van der Waals surface area contributed by atoms with Crippen LogP contribution in [0.2, 0.25) is 0 Å². The molecule has 14 heavy (non-hydrogen) atoms. The first-order valence-electron chi connectivity index (χ1n) is 4.50. The van der Waals surface area contributed by atoms with E-state index in [1.54, 1.807) is 11.8 Å². The van der Waals surface area contributed by atoms with Gasteiger partial charge in [-0.15, -0.1) is 11.8 Å². The molecule has 0 fully saturated rings. The molecule has 0 amide bonds. The second kappa shape index (κ2) is 5.73. The molecule has 0 aliphatic rings. The number of aliphatic hydroxyl groups excluding tert-OH is 1. The molecule has 0 bridgehead atoms. The first-order valence-corrected chi connectivity index (χ1v) is 6.28. The lowest BCUT2D eigenvalue weighted by atomic mass is 10.2. The van der Waals surface area contributed by atoms with E-state index in [4.69, 9.17) is 5.11 Å². The van der Waals surface area contributed by atoms with Crippen molar-refractivity contribution in [2.24, 2.45) is 5.92 Å². The Balaban J connectivity index is 2.55. The fourth-order valence-electron chi connectivity index (χ4n) is 0.882. The van der Waals surface area contributed by atoms with Crippen LogP contribution in [0.15, 0.2) is 21.6 Å². The Bertz CT molecular complexity index is 306. The third kappa shape index (κ3) is 3.59. The van der Waals surface area contributed by atoms with Gasteiger partial charge in [-0.05, 0) is 40.9 Å². The van der Waals surface area contributed by atoms with Crippen molar-refractivity contribution in [1.29, 1.82) is 0 Å². The summed E-state index contributed by atoms with van der Waals surface area (Å²) in [7, 11) is 0. The SMILES string of the molecule is Cc1nc(SCC(C)CO)ccc1Br. The zero-order chi connectivity index (χ0) is 10.6. The Kier molecular flexibility index (Phi) is 4.92. The number of hydrogen-bond donors (Lipinski definition) is 1. The molecule has 2 nitrogen and oxygen atoms in total. The van der Waals surface area contributed by atoms with Crippen LogP contribution in [0.25, 0.3) is 0 Å². The second-order valence-electron chi connectivity index (χ2n) is 3.32. The first-order chi connectivity index (χ1) is 6.63. The number of aryl methyl sites for hydroxylation is 1. The highest BCUT2D eigenvalue weighted by Gasteiger charge is 2.03. The minimum absolute atomic E-state index is 0.239. The van der Waals surface area contributed by atoms with Crippen LogP contribution in [-0.4, -0.2) is 22.5 Å². The molecule has 1 atom stereocenters. The molecule has 1 heterocycles. The number of halogens is 1. The molecular weight excluding hydrogens is 262 g/mol. The van der Waals surface area contributed by atoms with Gasteiger partial charge >= 0.3 is 0 Å². The minimum Gasteiger partial charge on any atom is -0.396 e. The Hall–Kier alpha value is -0.0600. The van der Waals surface area contributed by atoms with E-state index in [2.05, 4.69) is 20.9 Å². The van der Waals surface area contributed by atoms with Crippen LogP contribution in [0.3, 0.4) is 0 Å². The van der Waals surface area contributed by atoms with E-state index < -0.39 is 0 Å². The van der Waals surface area contributed by atoms with E-state index in [1.165, 1.54) is 0 Å². The van der Waals surface area contributed by atoms with Crippen molar-refractivity contribution in [3.05, 3.63) is 22.3 Å². The zero-order valence-corrected chi connectivity index (χ0v) is 10.7. The molecule has 0 aliphatic carbocycles. The van der Waals surface area contributed by atoms with Crippen molar-refractivity contribution >= 4 is 27.7 Å². The lowest BCUT2D eigenvalue weighted by molar-refractivity contribution is 0.250. The molecular formula is C10H14BrNOS. The maximum absolute atomic E-state index is 8.87. The Morgan fingerprint density at radius 3 is 2.86 bits per heavy atom. The van der Waals surface area contributed by atoms with Gasteiger partial charge in [-0.3, -0.25) is 0 Å². The molecule has 0 radical (unpaired) electrons. The molecule has 4 heteroatoms. The van der Waals surface area contributed by atoms with Gasteiger partial charge in [-0.25, -0.2) is 4.98 Å². The monoisotopic (exact) mass is 275 g/mol. The smallest absolute Gasteiger partial charge is 0.0963 e. The van der Waals surface area contributed by atoms with Crippen LogP contribution >= 0.6 is 27.7 Å². The molecule has 0 aromatic carbocycles. The standard InChI is InChI=1S/C10H14BrNOS/c1-7(5-13)6-14-10-4-3-9(11)8(2)12-10/h3-4,7,13H,5-6H2,1-2H3. The van der Waals surface area contributed by atoms with Gasteiger partial charge in [0.2, 0.25) is 0 Å². The van der Waals surface area contributed by atoms with E-state index in [9.17, 15) is 0 Å². The van der Waals surface area contributed by atoms with Crippen LogP contribution in [-0.2, 0) is 0 Å². The highest BCUT2D eigenvalue weighted by atomic mass is 79.9. The number of aromatic nitrogens is 1. The molecule has 1 unspecified atom stereocenters. The highest BCUT2D eigenvalue weighted by Crippen LogP contribution is 2.22. The van der Waals surface area contributed by atoms with Crippen LogP contribution in [0, 0.1) is 12.8 Å². The number of aliphatic hydroxyl groups is 1. The van der Waals surface area contributed by atoms with Crippen molar-refractivity contribution in [2.75, 3.05) is 12.4 Å². The first kappa shape index (κ1) is 12.0. The second-order valence-corrected chi connectivity index (χ2v) is 5.21. The van der Waals surface area contributed by atoms with Gasteiger partial charge in [0, 0.05) is 16.8 Å². The summed E-state index contributed by atoms with van der Waals surface area (Å²) >= 11 is 5.10. The third-order valence-electron chi connectivity index (χ3n) is 1.82. The lowest BCUT2D eigenvalue weighted by Gasteiger charge is -2.07. The summed E-state index contributed by atoms with van der Waals surface area (Å²) in [5, 5.41) is 9.89. The summed E-state index contributed by atoms with van der Waals surface area (Å²) in [6.45, 7) is 4.24. The minimum atomic E-state index is 0.239. The molecule has 1 aromatic rings. The van der Waals surface area contributed by atoms with E-state index in [0.29, 0.717) is 5.92 Å². The molecule has 0 spiro atoms. The van der Waals surface area contributed by atoms with Crippen molar-refractivity contribution in [1.82, 2.24) is 4.98 Å². The van der Waals surface area contributed by atoms with Crippen LogP contribution < -0.4 is 0 Å². The normalized spacial score (nSPS) is 12.9. The van der Waals surface area contributed by atoms with Gasteiger partial charge in [0.15, 0.2) is 0 Å². The molecule has 0 saturated carbocycles. The average molecular weight is 276 g/mol. The summed E-state index contributed by atoms with van der Waals surface area (Å²) in [6.07, 6.45) is 0. The Morgan fingerprint density at radius 1 is 1.57 bits per heavy atom. The highest BCUT2D eigenvalue weighted by molar-refractivity contribution is 9.10. The quantitative estimate of drug-likeness (QED) is 0.858. The van der Waals surface area contributed by atoms with Crippen molar-refractivity contribution < 1.29 is 5.11 Å². The number of pyridine rings is 1. The fourth-order valence-corrected chi connectivity index (χ4v) is 2.03. The molecule has 0 aliphatic heterocycles. The number of hydrogen-bond acceptors (Lipinski definition) is 3. The maximum Gasteiger partial charge on any atom is 0.0963 e. The molecule has 1 N–H and O–H groups in total. The Morgan fingerprint density at radius 2 is 2.29 bits per heavy atom. The van der Waals surface area contributed by atoms with Gasteiger partial charge in [0.1, 0.15) is 0 Å². The topological polar surface area (TPSA) is 33.1 Å². The van der Waals surface area contributed by atoms with Gasteiger partial charge in [0.05, 0.1) is 10.7 Å².